The van der Waals surface area contributed by atoms with Crippen LogP contribution >= 0.6 is 0 Å². The topological polar surface area (TPSA) is 63.2 Å². The maximum Gasteiger partial charge on any atom is 0.161 e. The normalized spacial score (nSPS) is 12.9. The zero-order valence-electron chi connectivity index (χ0n) is 8.55. The number of carbonyl (C=O) groups is 1. The van der Waals surface area contributed by atoms with Gasteiger partial charge in [0, 0.05) is 11.8 Å². The van der Waals surface area contributed by atoms with E-state index >= 15 is 0 Å². The van der Waals surface area contributed by atoms with Gasteiger partial charge in [0.2, 0.25) is 0 Å². The Labute approximate surface area is 79.6 Å². The third-order valence-corrected chi connectivity index (χ3v) is 2.09. The molecule has 0 radical (unpaired) electrons. The third kappa shape index (κ3) is 9.49. The lowest BCUT2D eigenvalue weighted by Crippen LogP contribution is -2.40. The van der Waals surface area contributed by atoms with E-state index in [-0.39, 0.29) is 23.6 Å². The summed E-state index contributed by atoms with van der Waals surface area (Å²) in [4.78, 5) is 11.1. The van der Waals surface area contributed by atoms with Gasteiger partial charge in [0.1, 0.15) is 5.75 Å². The summed E-state index contributed by atoms with van der Waals surface area (Å²) < 4.78 is 21.4. The summed E-state index contributed by atoms with van der Waals surface area (Å²) in [5.41, 5.74) is -0.160. The largest absolute Gasteiger partial charge is 0.305 e. The molecule has 0 aromatic rings. The van der Waals surface area contributed by atoms with E-state index in [1.54, 1.807) is 0 Å². The van der Waals surface area contributed by atoms with Gasteiger partial charge < -0.3 is 5.32 Å². The average molecular weight is 207 g/mol. The lowest BCUT2D eigenvalue weighted by molar-refractivity contribution is -0.116. The molecule has 0 aliphatic heterocycles. The average Bonchev–Trinajstić information content (AvgIpc) is 1.78. The Morgan fingerprint density at radius 3 is 2.08 bits per heavy atom. The first-order chi connectivity index (χ1) is 5.60. The Bertz CT molecular complexity index is 274. The van der Waals surface area contributed by atoms with Crippen LogP contribution in [-0.2, 0) is 14.6 Å². The first kappa shape index (κ1) is 12.6. The monoisotopic (exact) mass is 207 g/mol. The van der Waals surface area contributed by atoms with Gasteiger partial charge in [-0.25, -0.2) is 8.42 Å². The molecule has 4 nitrogen and oxygen atoms in total. The van der Waals surface area contributed by atoms with Gasteiger partial charge in [-0.3, -0.25) is 4.79 Å². The Morgan fingerprint density at radius 2 is 1.77 bits per heavy atom. The second-order valence-electron chi connectivity index (χ2n) is 4.21. The van der Waals surface area contributed by atoms with Crippen molar-refractivity contribution in [2.24, 2.45) is 0 Å². The van der Waals surface area contributed by atoms with E-state index < -0.39 is 9.84 Å². The van der Waals surface area contributed by atoms with Crippen molar-refractivity contribution < 1.29 is 13.2 Å². The fourth-order valence-corrected chi connectivity index (χ4v) is 1.39. The van der Waals surface area contributed by atoms with Crippen molar-refractivity contribution in [3.05, 3.63) is 0 Å². The first-order valence-corrected chi connectivity index (χ1v) is 6.11. The minimum Gasteiger partial charge on any atom is -0.305 e. The molecule has 0 aliphatic carbocycles. The molecule has 0 aromatic heterocycles. The molecule has 1 N–H and O–H groups in total. The van der Waals surface area contributed by atoms with Crippen LogP contribution in [0.25, 0.3) is 0 Å². The predicted octanol–water partition coefficient (Wildman–Crippen LogP) is -0.0118. The van der Waals surface area contributed by atoms with Crippen LogP contribution < -0.4 is 5.32 Å². The number of carbonyl (C=O) groups excluding carboxylic acids is 1. The highest BCUT2D eigenvalue weighted by molar-refractivity contribution is 7.91. The van der Waals surface area contributed by atoms with Crippen LogP contribution in [0.15, 0.2) is 0 Å². The molecule has 0 atom stereocenters. The minimum atomic E-state index is -3.18. The highest BCUT2D eigenvalue weighted by atomic mass is 32.2. The molecule has 0 spiro atoms. The molecule has 0 saturated carbocycles. The highest BCUT2D eigenvalue weighted by Crippen LogP contribution is 1.97. The van der Waals surface area contributed by atoms with Gasteiger partial charge in [0.15, 0.2) is 15.6 Å². The minimum absolute atomic E-state index is 0.108. The highest BCUT2D eigenvalue weighted by Gasteiger charge is 2.14. The molecule has 5 heteroatoms. The molecule has 78 valence electrons. The van der Waals surface area contributed by atoms with E-state index in [2.05, 4.69) is 5.32 Å². The molecular weight excluding hydrogens is 190 g/mol. The van der Waals surface area contributed by atoms with Crippen LogP contribution in [-0.4, -0.2) is 38.3 Å². The van der Waals surface area contributed by atoms with Crippen LogP contribution in [0.5, 0.6) is 0 Å². The number of Topliss-reactive ketones (excluding diaryl/α,β-unsaturated/α-hetero) is 1. The van der Waals surface area contributed by atoms with Crippen molar-refractivity contribution in [2.75, 3.05) is 18.6 Å². The SMILES string of the molecule is CC(C)(C)NCC(=O)CS(C)(=O)=O. The van der Waals surface area contributed by atoms with Crippen LogP contribution in [0, 0.1) is 0 Å². The smallest absolute Gasteiger partial charge is 0.161 e. The summed E-state index contributed by atoms with van der Waals surface area (Å²) in [5, 5.41) is 2.93. The maximum atomic E-state index is 11.1. The molecule has 0 fully saturated rings. The Kier molecular flexibility index (Phi) is 4.06. The Hall–Kier alpha value is -0.420. The first-order valence-electron chi connectivity index (χ1n) is 4.05. The third-order valence-electron chi connectivity index (χ3n) is 1.24. The van der Waals surface area contributed by atoms with Gasteiger partial charge in [-0.05, 0) is 20.8 Å². The van der Waals surface area contributed by atoms with Crippen molar-refractivity contribution in [3.8, 4) is 0 Å². The molecule has 0 unspecified atom stereocenters. The molecule has 0 bridgehead atoms. The van der Waals surface area contributed by atoms with Gasteiger partial charge in [-0.1, -0.05) is 0 Å². The van der Waals surface area contributed by atoms with E-state index in [9.17, 15) is 13.2 Å². The summed E-state index contributed by atoms with van der Waals surface area (Å²) in [5.74, 6) is -0.673. The molecule has 0 heterocycles. The van der Waals surface area contributed by atoms with E-state index in [1.807, 2.05) is 20.8 Å². The molecule has 13 heavy (non-hydrogen) atoms. The summed E-state index contributed by atoms with van der Waals surface area (Å²) in [6, 6.07) is 0. The zero-order valence-corrected chi connectivity index (χ0v) is 9.36. The van der Waals surface area contributed by atoms with Gasteiger partial charge in [0.25, 0.3) is 0 Å². The fraction of sp³-hybridized carbons (Fsp3) is 0.875. The van der Waals surface area contributed by atoms with E-state index in [1.165, 1.54) is 0 Å². The predicted molar refractivity (Wildman–Crippen MR) is 52.5 cm³/mol. The number of sulfone groups is 1. The number of rotatable bonds is 4. The molecule has 0 saturated heterocycles. The summed E-state index contributed by atoms with van der Waals surface area (Å²) in [7, 11) is -3.18. The second-order valence-corrected chi connectivity index (χ2v) is 6.35. The van der Waals surface area contributed by atoms with Crippen molar-refractivity contribution in [3.63, 3.8) is 0 Å². The maximum absolute atomic E-state index is 11.1. The van der Waals surface area contributed by atoms with Crippen molar-refractivity contribution in [2.45, 2.75) is 26.3 Å². The van der Waals surface area contributed by atoms with Gasteiger partial charge in [-0.2, -0.15) is 0 Å². The quantitative estimate of drug-likeness (QED) is 0.704. The molecule has 0 aromatic carbocycles. The van der Waals surface area contributed by atoms with Gasteiger partial charge in [0.05, 0.1) is 6.54 Å². The lowest BCUT2D eigenvalue weighted by Gasteiger charge is -2.19. The van der Waals surface area contributed by atoms with Crippen molar-refractivity contribution in [1.82, 2.24) is 5.32 Å². The van der Waals surface area contributed by atoms with Crippen LogP contribution in [0.2, 0.25) is 0 Å². The van der Waals surface area contributed by atoms with Crippen LogP contribution in [0.1, 0.15) is 20.8 Å². The van der Waals surface area contributed by atoms with Gasteiger partial charge >= 0.3 is 0 Å². The number of hydrogen-bond donors (Lipinski definition) is 1. The fourth-order valence-electron chi connectivity index (χ4n) is 0.707. The molecule has 0 amide bonds. The standard InChI is InChI=1S/C8H17NO3S/c1-8(2,3)9-5-7(10)6-13(4,11)12/h9H,5-6H2,1-4H3. The van der Waals surface area contributed by atoms with Crippen LogP contribution in [0.3, 0.4) is 0 Å². The van der Waals surface area contributed by atoms with Gasteiger partial charge in [-0.15, -0.1) is 0 Å². The summed E-state index contributed by atoms with van der Waals surface area (Å²) in [6.07, 6.45) is 1.06. The number of nitrogens with one attached hydrogen (secondary N) is 1. The molecular formula is C8H17NO3S. The Morgan fingerprint density at radius 1 is 1.31 bits per heavy atom. The van der Waals surface area contributed by atoms with E-state index in [0.717, 1.165) is 6.26 Å². The van der Waals surface area contributed by atoms with Crippen molar-refractivity contribution >= 4 is 15.6 Å². The number of ketones is 1. The van der Waals surface area contributed by atoms with E-state index in [4.69, 9.17) is 0 Å². The lowest BCUT2D eigenvalue weighted by atomic mass is 10.1. The molecule has 0 rings (SSSR count). The van der Waals surface area contributed by atoms with E-state index in [0.29, 0.717) is 0 Å². The van der Waals surface area contributed by atoms with Crippen molar-refractivity contribution in [1.29, 1.82) is 0 Å². The van der Waals surface area contributed by atoms with Crippen LogP contribution in [0.4, 0.5) is 0 Å². The summed E-state index contributed by atoms with van der Waals surface area (Å²) in [6.45, 7) is 5.86. The zero-order chi connectivity index (χ0) is 10.7. The molecule has 0 aliphatic rings. The Balaban J connectivity index is 3.92. The second kappa shape index (κ2) is 4.19. The number of hydrogen-bond acceptors (Lipinski definition) is 4. The summed E-state index contributed by atoms with van der Waals surface area (Å²) >= 11 is 0.